The molecule has 21 heavy (non-hydrogen) atoms. The monoisotopic (exact) mass is 387 g/mol. The van der Waals surface area contributed by atoms with E-state index in [-0.39, 0.29) is 0 Å². The van der Waals surface area contributed by atoms with E-state index >= 15 is 0 Å². The largest absolute Gasteiger partial charge is 0.496 e. The molecule has 0 saturated heterocycles. The zero-order valence-corrected chi connectivity index (χ0v) is 15.1. The second-order valence-corrected chi connectivity index (χ2v) is 6.53. The highest BCUT2D eigenvalue weighted by molar-refractivity contribution is 9.10. The van der Waals surface area contributed by atoms with Gasteiger partial charge in [-0.2, -0.15) is 0 Å². The van der Waals surface area contributed by atoms with Crippen molar-refractivity contribution in [3.05, 3.63) is 61.0 Å². The number of halogens is 3. The highest BCUT2D eigenvalue weighted by atomic mass is 79.9. The summed E-state index contributed by atoms with van der Waals surface area (Å²) in [5.41, 5.74) is 10.1. The molecule has 2 rings (SSSR count). The Morgan fingerprint density at radius 2 is 1.71 bits per heavy atom. The van der Waals surface area contributed by atoms with Crippen LogP contribution in [0.2, 0.25) is 10.0 Å². The molecule has 5 heteroatoms. The smallest absolute Gasteiger partial charge is 0.127 e. The van der Waals surface area contributed by atoms with Crippen molar-refractivity contribution in [2.75, 3.05) is 7.11 Å². The summed E-state index contributed by atoms with van der Waals surface area (Å²) in [6.45, 7) is 3.97. The molecule has 1 atom stereocenters. The average Bonchev–Trinajstić information content (AvgIpc) is 2.42. The van der Waals surface area contributed by atoms with Crippen LogP contribution < -0.4 is 10.5 Å². The lowest BCUT2D eigenvalue weighted by atomic mass is 9.93. The van der Waals surface area contributed by atoms with E-state index in [0.29, 0.717) is 15.6 Å². The fraction of sp³-hybridized carbons (Fsp3) is 0.250. The van der Waals surface area contributed by atoms with Crippen LogP contribution in [0.15, 0.2) is 28.7 Å². The highest BCUT2D eigenvalue weighted by Crippen LogP contribution is 2.41. The van der Waals surface area contributed by atoms with Crippen molar-refractivity contribution in [2.24, 2.45) is 5.73 Å². The van der Waals surface area contributed by atoms with Crippen molar-refractivity contribution in [3.8, 4) is 5.75 Å². The summed E-state index contributed by atoms with van der Waals surface area (Å²) in [7, 11) is 1.64. The van der Waals surface area contributed by atoms with Gasteiger partial charge in [0.2, 0.25) is 0 Å². The lowest BCUT2D eigenvalue weighted by Gasteiger charge is -2.23. The summed E-state index contributed by atoms with van der Waals surface area (Å²) < 4.78 is 6.53. The number of nitrogens with two attached hydrogens (primary N) is 1. The summed E-state index contributed by atoms with van der Waals surface area (Å²) in [4.78, 5) is 0. The maximum absolute atomic E-state index is 6.46. The fourth-order valence-electron chi connectivity index (χ4n) is 2.47. The maximum atomic E-state index is 6.46. The molecule has 0 aliphatic rings. The minimum Gasteiger partial charge on any atom is -0.496 e. The van der Waals surface area contributed by atoms with Crippen LogP contribution >= 0.6 is 39.1 Å². The van der Waals surface area contributed by atoms with Gasteiger partial charge in [0, 0.05) is 25.6 Å². The number of benzene rings is 2. The minimum absolute atomic E-state index is 0.461. The van der Waals surface area contributed by atoms with Gasteiger partial charge < -0.3 is 10.5 Å². The zero-order valence-electron chi connectivity index (χ0n) is 12.0. The van der Waals surface area contributed by atoms with Crippen LogP contribution in [-0.2, 0) is 0 Å². The van der Waals surface area contributed by atoms with Gasteiger partial charge >= 0.3 is 0 Å². The molecule has 0 aliphatic heterocycles. The summed E-state index contributed by atoms with van der Waals surface area (Å²) in [6.07, 6.45) is 0. The van der Waals surface area contributed by atoms with E-state index in [9.17, 15) is 0 Å². The molecular formula is C16H16BrCl2NO. The van der Waals surface area contributed by atoms with Gasteiger partial charge in [-0.3, -0.25) is 0 Å². The Kier molecular flexibility index (Phi) is 5.20. The normalized spacial score (nSPS) is 12.3. The number of hydrogen-bond acceptors (Lipinski definition) is 2. The first-order valence-corrected chi connectivity index (χ1v) is 7.96. The summed E-state index contributed by atoms with van der Waals surface area (Å²) in [5, 5.41) is 1.10. The molecule has 0 aromatic heterocycles. The van der Waals surface area contributed by atoms with Crippen LogP contribution in [0.3, 0.4) is 0 Å². The quantitative estimate of drug-likeness (QED) is 0.760. The van der Waals surface area contributed by atoms with E-state index < -0.39 is 6.04 Å². The van der Waals surface area contributed by atoms with Gasteiger partial charge in [0.1, 0.15) is 5.75 Å². The van der Waals surface area contributed by atoms with E-state index in [1.54, 1.807) is 25.3 Å². The number of aryl methyl sites for hydroxylation is 1. The summed E-state index contributed by atoms with van der Waals surface area (Å²) in [5.74, 6) is 0.763. The van der Waals surface area contributed by atoms with Crippen LogP contribution in [0.5, 0.6) is 5.75 Å². The topological polar surface area (TPSA) is 35.2 Å². The Hall–Kier alpha value is -0.740. The van der Waals surface area contributed by atoms with E-state index in [2.05, 4.69) is 15.9 Å². The molecule has 0 amide bonds. The Morgan fingerprint density at radius 1 is 1.14 bits per heavy atom. The van der Waals surface area contributed by atoms with Crippen LogP contribution in [0.4, 0.5) is 0 Å². The molecule has 2 aromatic rings. The zero-order chi connectivity index (χ0) is 15.7. The van der Waals surface area contributed by atoms with Crippen LogP contribution in [-0.4, -0.2) is 7.11 Å². The Labute approximate surface area is 143 Å². The van der Waals surface area contributed by atoms with Crippen LogP contribution in [0.25, 0.3) is 0 Å². The van der Waals surface area contributed by atoms with Gasteiger partial charge in [0.05, 0.1) is 13.2 Å². The third kappa shape index (κ3) is 3.07. The molecule has 2 N–H and O–H groups in total. The van der Waals surface area contributed by atoms with Crippen molar-refractivity contribution in [1.82, 2.24) is 0 Å². The molecule has 0 spiro atoms. The van der Waals surface area contributed by atoms with Crippen molar-refractivity contribution in [2.45, 2.75) is 19.9 Å². The first-order chi connectivity index (χ1) is 9.88. The molecule has 0 aliphatic carbocycles. The van der Waals surface area contributed by atoms with Crippen molar-refractivity contribution in [1.29, 1.82) is 0 Å². The molecule has 0 radical (unpaired) electrons. The lowest BCUT2D eigenvalue weighted by Crippen LogP contribution is -2.16. The Balaban J connectivity index is 2.71. The van der Waals surface area contributed by atoms with Crippen LogP contribution in [0, 0.1) is 13.8 Å². The predicted molar refractivity (Wildman–Crippen MR) is 92.7 cm³/mol. The summed E-state index contributed by atoms with van der Waals surface area (Å²) in [6, 6.07) is 6.93. The SMILES string of the molecule is COc1c(C)cc(Br)c(C)c1C(N)c1c(Cl)cccc1Cl. The third-order valence-corrected chi connectivity index (χ3v) is 5.02. The Morgan fingerprint density at radius 3 is 2.24 bits per heavy atom. The lowest BCUT2D eigenvalue weighted by molar-refractivity contribution is 0.404. The van der Waals surface area contributed by atoms with Gasteiger partial charge in [-0.25, -0.2) is 0 Å². The molecule has 0 fully saturated rings. The second kappa shape index (κ2) is 6.57. The standard InChI is InChI=1S/C16H16BrCl2NO/c1-8-7-10(17)9(2)13(16(8)21-3)15(20)14-11(18)5-4-6-12(14)19/h4-7,15H,20H2,1-3H3. The van der Waals surface area contributed by atoms with Crippen LogP contribution in [0.1, 0.15) is 28.3 Å². The predicted octanol–water partition coefficient (Wildman–Crippen LogP) is 5.43. The number of hydrogen-bond donors (Lipinski definition) is 1. The molecular weight excluding hydrogens is 373 g/mol. The second-order valence-electron chi connectivity index (χ2n) is 4.86. The molecule has 1 unspecified atom stereocenters. The molecule has 2 aromatic carbocycles. The minimum atomic E-state index is -0.461. The van der Waals surface area contributed by atoms with E-state index in [1.165, 1.54) is 0 Å². The first-order valence-electron chi connectivity index (χ1n) is 6.41. The maximum Gasteiger partial charge on any atom is 0.127 e. The number of rotatable bonds is 3. The van der Waals surface area contributed by atoms with Crippen molar-refractivity contribution < 1.29 is 4.74 Å². The van der Waals surface area contributed by atoms with Gasteiger partial charge in [0.25, 0.3) is 0 Å². The van der Waals surface area contributed by atoms with Gasteiger partial charge in [-0.1, -0.05) is 45.2 Å². The molecule has 0 saturated carbocycles. The van der Waals surface area contributed by atoms with Crippen molar-refractivity contribution in [3.63, 3.8) is 0 Å². The number of methoxy groups -OCH3 is 1. The van der Waals surface area contributed by atoms with Crippen molar-refractivity contribution >= 4 is 39.1 Å². The van der Waals surface area contributed by atoms with Gasteiger partial charge in [0.15, 0.2) is 0 Å². The van der Waals surface area contributed by atoms with E-state index in [4.69, 9.17) is 33.7 Å². The molecule has 112 valence electrons. The van der Waals surface area contributed by atoms with Gasteiger partial charge in [-0.15, -0.1) is 0 Å². The fourth-order valence-corrected chi connectivity index (χ4v) is 3.66. The number of ether oxygens (including phenoxy) is 1. The summed E-state index contributed by atoms with van der Waals surface area (Å²) >= 11 is 16.1. The third-order valence-electron chi connectivity index (χ3n) is 3.53. The molecule has 0 heterocycles. The molecule has 2 nitrogen and oxygen atoms in total. The van der Waals surface area contributed by atoms with E-state index in [1.807, 2.05) is 19.9 Å². The van der Waals surface area contributed by atoms with E-state index in [0.717, 1.165) is 26.9 Å². The Bertz CT molecular complexity index is 668. The van der Waals surface area contributed by atoms with Gasteiger partial charge in [-0.05, 0) is 43.2 Å². The average molecular weight is 389 g/mol. The molecule has 0 bridgehead atoms. The highest BCUT2D eigenvalue weighted by Gasteiger charge is 2.23. The first kappa shape index (κ1) is 16.6.